The first-order chi connectivity index (χ1) is 12.1. The molecule has 0 spiro atoms. The molecule has 1 unspecified atom stereocenters. The molecule has 1 aromatic heterocycles. The zero-order valence-corrected chi connectivity index (χ0v) is 15.3. The fourth-order valence-electron chi connectivity index (χ4n) is 3.06. The van der Waals surface area contributed by atoms with E-state index in [1.807, 2.05) is 12.1 Å². The molecule has 2 aromatic rings. The molecule has 25 heavy (non-hydrogen) atoms. The number of carbonyl (C=O) groups excluding carboxylic acids is 1. The molecule has 2 amide bonds. The lowest BCUT2D eigenvalue weighted by Crippen LogP contribution is -2.41. The summed E-state index contributed by atoms with van der Waals surface area (Å²) in [6.07, 6.45) is 5.27. The molecule has 1 fully saturated rings. The predicted octanol–water partition coefficient (Wildman–Crippen LogP) is 4.94. The Kier molecular flexibility index (Phi) is 6.24. The number of urea groups is 1. The van der Waals surface area contributed by atoms with Gasteiger partial charge in [-0.25, -0.2) is 4.79 Å². The van der Waals surface area contributed by atoms with Gasteiger partial charge in [-0.2, -0.15) is 0 Å². The summed E-state index contributed by atoms with van der Waals surface area (Å²) in [5, 5.41) is 6.55. The van der Waals surface area contributed by atoms with Crippen molar-refractivity contribution >= 4 is 34.9 Å². The number of furan rings is 1. The van der Waals surface area contributed by atoms with Crippen LogP contribution in [0.5, 0.6) is 0 Å². The fourth-order valence-corrected chi connectivity index (χ4v) is 3.36. The summed E-state index contributed by atoms with van der Waals surface area (Å²) in [4.78, 5) is 14.6. The van der Waals surface area contributed by atoms with Gasteiger partial charge < -0.3 is 15.1 Å². The zero-order chi connectivity index (χ0) is 17.6. The summed E-state index contributed by atoms with van der Waals surface area (Å²) < 4.78 is 5.58. The monoisotopic (exact) mass is 381 g/mol. The van der Waals surface area contributed by atoms with Gasteiger partial charge >= 0.3 is 6.03 Å². The number of halogens is 2. The summed E-state index contributed by atoms with van der Waals surface area (Å²) in [5.74, 6) is 0.872. The van der Waals surface area contributed by atoms with Crippen molar-refractivity contribution in [3.05, 3.63) is 52.4 Å². The van der Waals surface area contributed by atoms with Crippen LogP contribution in [-0.4, -0.2) is 30.6 Å². The highest BCUT2D eigenvalue weighted by atomic mass is 35.5. The highest BCUT2D eigenvalue weighted by molar-refractivity contribution is 6.42. The number of hydrogen-bond acceptors (Lipinski definition) is 3. The summed E-state index contributed by atoms with van der Waals surface area (Å²) in [6, 6.07) is 8.57. The number of rotatable bonds is 5. The first kappa shape index (κ1) is 18.1. The number of piperidine rings is 1. The molecule has 2 heterocycles. The maximum atomic E-state index is 12.2. The molecular formula is C18H21Cl2N3O2. The second-order valence-electron chi connectivity index (χ2n) is 6.09. The lowest BCUT2D eigenvalue weighted by Gasteiger charge is -2.33. The average Bonchev–Trinajstić information content (AvgIpc) is 3.14. The van der Waals surface area contributed by atoms with E-state index in [1.165, 1.54) is 19.3 Å². The SMILES string of the molecule is O=C(NCC(c1ccco1)N1CCCCC1)Nc1ccc(Cl)c(Cl)c1. The number of hydrogen-bond donors (Lipinski definition) is 2. The molecule has 2 N–H and O–H groups in total. The van der Waals surface area contributed by atoms with Gasteiger partial charge in [0.05, 0.1) is 22.4 Å². The van der Waals surface area contributed by atoms with E-state index in [-0.39, 0.29) is 12.1 Å². The Morgan fingerprint density at radius 2 is 1.96 bits per heavy atom. The highest BCUT2D eigenvalue weighted by Gasteiger charge is 2.24. The van der Waals surface area contributed by atoms with Crippen LogP contribution in [0.4, 0.5) is 10.5 Å². The third kappa shape index (κ3) is 4.91. The predicted molar refractivity (Wildman–Crippen MR) is 100 cm³/mol. The first-order valence-electron chi connectivity index (χ1n) is 8.41. The molecule has 1 aliphatic heterocycles. The molecule has 0 saturated carbocycles. The maximum absolute atomic E-state index is 12.2. The van der Waals surface area contributed by atoms with Crippen LogP contribution in [0.1, 0.15) is 31.1 Å². The van der Waals surface area contributed by atoms with Gasteiger partial charge in [0.25, 0.3) is 0 Å². The van der Waals surface area contributed by atoms with E-state index in [0.29, 0.717) is 22.3 Å². The van der Waals surface area contributed by atoms with Crippen molar-refractivity contribution in [2.75, 3.05) is 25.0 Å². The molecule has 134 valence electrons. The summed E-state index contributed by atoms with van der Waals surface area (Å²) in [7, 11) is 0. The normalized spacial score (nSPS) is 16.4. The smallest absolute Gasteiger partial charge is 0.319 e. The van der Waals surface area contributed by atoms with Gasteiger partial charge in [-0.1, -0.05) is 29.6 Å². The van der Waals surface area contributed by atoms with Gasteiger partial charge in [-0.05, 0) is 56.3 Å². The van der Waals surface area contributed by atoms with Crippen molar-refractivity contribution in [3.63, 3.8) is 0 Å². The number of nitrogens with zero attached hydrogens (tertiary/aromatic N) is 1. The minimum atomic E-state index is -0.285. The largest absolute Gasteiger partial charge is 0.468 e. The lowest BCUT2D eigenvalue weighted by molar-refractivity contribution is 0.144. The number of amides is 2. The fraction of sp³-hybridized carbons (Fsp3) is 0.389. The Labute approximate surface area is 157 Å². The Balaban J connectivity index is 1.60. The van der Waals surface area contributed by atoms with Gasteiger partial charge in [0.1, 0.15) is 5.76 Å². The quantitative estimate of drug-likeness (QED) is 0.771. The lowest BCUT2D eigenvalue weighted by atomic mass is 10.1. The summed E-state index contributed by atoms with van der Waals surface area (Å²) >= 11 is 11.9. The maximum Gasteiger partial charge on any atom is 0.319 e. The third-order valence-electron chi connectivity index (χ3n) is 4.34. The molecule has 1 aromatic carbocycles. The highest BCUT2D eigenvalue weighted by Crippen LogP contribution is 2.26. The van der Waals surface area contributed by atoms with Crippen LogP contribution in [0, 0.1) is 0 Å². The van der Waals surface area contributed by atoms with Gasteiger partial charge in [0, 0.05) is 12.2 Å². The van der Waals surface area contributed by atoms with Crippen LogP contribution < -0.4 is 10.6 Å². The van der Waals surface area contributed by atoms with Gasteiger partial charge in [-0.15, -0.1) is 0 Å². The van der Waals surface area contributed by atoms with Crippen LogP contribution in [0.2, 0.25) is 10.0 Å². The molecule has 1 aliphatic rings. The van der Waals surface area contributed by atoms with Crippen LogP contribution in [-0.2, 0) is 0 Å². The van der Waals surface area contributed by atoms with E-state index in [1.54, 1.807) is 24.5 Å². The topological polar surface area (TPSA) is 57.5 Å². The van der Waals surface area contributed by atoms with E-state index < -0.39 is 0 Å². The minimum Gasteiger partial charge on any atom is -0.468 e. The minimum absolute atomic E-state index is 0.0369. The van der Waals surface area contributed by atoms with Gasteiger partial charge in [0.15, 0.2) is 0 Å². The van der Waals surface area contributed by atoms with Crippen molar-refractivity contribution in [1.82, 2.24) is 10.2 Å². The number of carbonyl (C=O) groups is 1. The molecule has 0 radical (unpaired) electrons. The number of nitrogens with one attached hydrogen (secondary N) is 2. The van der Waals surface area contributed by atoms with E-state index in [4.69, 9.17) is 27.6 Å². The number of benzene rings is 1. The van der Waals surface area contributed by atoms with E-state index in [2.05, 4.69) is 15.5 Å². The Morgan fingerprint density at radius 3 is 2.64 bits per heavy atom. The second-order valence-corrected chi connectivity index (χ2v) is 6.91. The molecule has 0 aliphatic carbocycles. The molecule has 5 nitrogen and oxygen atoms in total. The summed E-state index contributed by atoms with van der Waals surface area (Å²) in [5.41, 5.74) is 0.597. The number of likely N-dealkylation sites (tertiary alicyclic amines) is 1. The Bertz CT molecular complexity index is 700. The van der Waals surface area contributed by atoms with E-state index in [0.717, 1.165) is 18.8 Å². The zero-order valence-electron chi connectivity index (χ0n) is 13.8. The van der Waals surface area contributed by atoms with Crippen molar-refractivity contribution < 1.29 is 9.21 Å². The van der Waals surface area contributed by atoms with E-state index >= 15 is 0 Å². The molecule has 1 saturated heterocycles. The third-order valence-corrected chi connectivity index (χ3v) is 5.08. The molecule has 7 heteroatoms. The van der Waals surface area contributed by atoms with Gasteiger partial charge in [-0.3, -0.25) is 4.90 Å². The van der Waals surface area contributed by atoms with Gasteiger partial charge in [0.2, 0.25) is 0 Å². The Morgan fingerprint density at radius 1 is 1.16 bits per heavy atom. The van der Waals surface area contributed by atoms with Crippen molar-refractivity contribution in [1.29, 1.82) is 0 Å². The first-order valence-corrected chi connectivity index (χ1v) is 9.16. The number of anilines is 1. The Hall–Kier alpha value is -1.69. The molecule has 0 bridgehead atoms. The average molecular weight is 382 g/mol. The molecule has 3 rings (SSSR count). The van der Waals surface area contributed by atoms with Crippen LogP contribution in [0.3, 0.4) is 0 Å². The van der Waals surface area contributed by atoms with Crippen LogP contribution in [0.15, 0.2) is 41.0 Å². The summed E-state index contributed by atoms with van der Waals surface area (Å²) in [6.45, 7) is 2.50. The van der Waals surface area contributed by atoms with Crippen LogP contribution in [0.25, 0.3) is 0 Å². The van der Waals surface area contributed by atoms with Crippen molar-refractivity contribution in [2.24, 2.45) is 0 Å². The standard InChI is InChI=1S/C18H21Cl2N3O2/c19-14-7-6-13(11-15(14)20)22-18(24)21-12-16(17-5-4-10-25-17)23-8-2-1-3-9-23/h4-7,10-11,16H,1-3,8-9,12H2,(H2,21,22,24). The van der Waals surface area contributed by atoms with E-state index in [9.17, 15) is 4.79 Å². The van der Waals surface area contributed by atoms with Crippen LogP contribution >= 0.6 is 23.2 Å². The molecule has 1 atom stereocenters. The van der Waals surface area contributed by atoms with Crippen molar-refractivity contribution in [3.8, 4) is 0 Å². The molecular weight excluding hydrogens is 361 g/mol. The van der Waals surface area contributed by atoms with Crippen molar-refractivity contribution in [2.45, 2.75) is 25.3 Å². The second kappa shape index (κ2) is 8.61.